The molecule has 0 spiro atoms. The summed E-state index contributed by atoms with van der Waals surface area (Å²) < 4.78 is 12.7. The number of hydrogen-bond donors (Lipinski definition) is 0. The van der Waals surface area contributed by atoms with Crippen LogP contribution in [-0.2, 0) is 9.31 Å². The van der Waals surface area contributed by atoms with E-state index in [1.165, 1.54) is 191 Å². The summed E-state index contributed by atoms with van der Waals surface area (Å²) in [5.41, 5.74) is 19.2. The summed E-state index contributed by atoms with van der Waals surface area (Å²) in [5, 5.41) is 25.2. The maximum absolute atomic E-state index is 6.34. The second-order valence-electron chi connectivity index (χ2n) is 30.6. The normalized spacial score (nSPS) is 13.2. The van der Waals surface area contributed by atoms with E-state index in [9.17, 15) is 0 Å². The summed E-state index contributed by atoms with van der Waals surface area (Å²) >= 11 is 0. The van der Waals surface area contributed by atoms with Gasteiger partial charge in [0.1, 0.15) is 0 Å². The fraction of sp³-hybridized carbons (Fsp3) is 0.0654. The number of fused-ring (bicyclic) bond motifs is 10. The van der Waals surface area contributed by atoms with Crippen LogP contribution in [0.4, 0.5) is 0 Å². The molecule has 0 radical (unpaired) electrons. The van der Waals surface area contributed by atoms with E-state index in [2.05, 4.69) is 417 Å². The van der Waals surface area contributed by atoms with Crippen molar-refractivity contribution in [1.82, 2.24) is 0 Å². The summed E-state index contributed by atoms with van der Waals surface area (Å²) in [6.45, 7) is 10.5. The van der Waals surface area contributed by atoms with Crippen LogP contribution in [0, 0.1) is 6.92 Å². The van der Waals surface area contributed by atoms with Crippen molar-refractivity contribution >= 4 is 120 Å². The summed E-state index contributed by atoms with van der Waals surface area (Å²) in [4.78, 5) is 0. The second kappa shape index (κ2) is 28.0. The first-order chi connectivity index (χ1) is 53.9. The number of benzene rings is 20. The number of rotatable bonds is 8. The fourth-order valence-electron chi connectivity index (χ4n) is 16.7. The van der Waals surface area contributed by atoms with Crippen LogP contribution in [0.3, 0.4) is 0 Å². The molecule has 1 heterocycles. The summed E-state index contributed by atoms with van der Waals surface area (Å²) in [7, 11) is -0.371. The van der Waals surface area contributed by atoms with Gasteiger partial charge in [-0.1, -0.05) is 345 Å². The largest absolute Gasteiger partial charge is 0.494 e. The fourth-order valence-corrected chi connectivity index (χ4v) is 16.7. The van der Waals surface area contributed by atoms with E-state index in [-0.39, 0.29) is 18.3 Å². The molecule has 1 saturated heterocycles. The molecule has 0 atom stereocenters. The Bertz CT molecular complexity index is 6860. The topological polar surface area (TPSA) is 18.5 Å². The Labute approximate surface area is 642 Å². The minimum atomic E-state index is -0.371. The van der Waals surface area contributed by atoms with Crippen molar-refractivity contribution in [2.75, 3.05) is 0 Å². The molecule has 0 N–H and O–H groups in total. The third kappa shape index (κ3) is 12.6. The van der Waals surface area contributed by atoms with E-state index in [1.807, 2.05) is 6.07 Å². The van der Waals surface area contributed by atoms with Gasteiger partial charge in [0.2, 0.25) is 0 Å². The maximum Gasteiger partial charge on any atom is 0.494 e. The Morgan fingerprint density at radius 2 is 0.400 bits per heavy atom. The Kier molecular flexibility index (Phi) is 17.2. The summed E-state index contributed by atoms with van der Waals surface area (Å²) in [6, 6.07) is 142. The molecule has 0 amide bonds. The van der Waals surface area contributed by atoms with E-state index in [0.717, 1.165) is 5.46 Å². The van der Waals surface area contributed by atoms with Gasteiger partial charge in [0, 0.05) is 0 Å². The van der Waals surface area contributed by atoms with Gasteiger partial charge in [-0.3, -0.25) is 0 Å². The first-order valence-electron chi connectivity index (χ1n) is 38.3. The molecule has 0 aliphatic carbocycles. The molecule has 20 aromatic carbocycles. The van der Waals surface area contributed by atoms with Gasteiger partial charge in [-0.2, -0.15) is 0 Å². The molecule has 0 bridgehead atoms. The monoisotopic (exact) mass is 1410 g/mol. The zero-order valence-electron chi connectivity index (χ0n) is 62.3. The summed E-state index contributed by atoms with van der Waals surface area (Å²) in [5.74, 6) is 0. The number of aryl methyl sites for hydroxylation is 1. The van der Waals surface area contributed by atoms with Crippen molar-refractivity contribution in [3.63, 3.8) is 0 Å². The highest BCUT2D eigenvalue weighted by molar-refractivity contribution is 6.62. The molecule has 0 saturated carbocycles. The molecular weight excluding hydrogens is 1330 g/mol. The van der Waals surface area contributed by atoms with E-state index >= 15 is 0 Å². The van der Waals surface area contributed by atoms with Gasteiger partial charge in [-0.15, -0.1) is 0 Å². The Balaban J connectivity index is 0.000000124. The van der Waals surface area contributed by atoms with E-state index in [1.54, 1.807) is 0 Å². The van der Waals surface area contributed by atoms with Gasteiger partial charge < -0.3 is 9.31 Å². The minimum absolute atomic E-state index is 0.363. The third-order valence-electron chi connectivity index (χ3n) is 23.1. The molecule has 110 heavy (non-hydrogen) atoms. The zero-order valence-corrected chi connectivity index (χ0v) is 62.3. The van der Waals surface area contributed by atoms with Gasteiger partial charge in [-0.25, -0.2) is 0 Å². The average Bonchev–Trinajstić information content (AvgIpc) is 0.894. The highest BCUT2D eigenvalue weighted by atomic mass is 16.7. The second-order valence-corrected chi connectivity index (χ2v) is 30.6. The van der Waals surface area contributed by atoms with Gasteiger partial charge in [0.05, 0.1) is 11.2 Å². The Morgan fingerprint density at radius 1 is 0.182 bits per heavy atom. The van der Waals surface area contributed by atoms with Crippen molar-refractivity contribution < 1.29 is 9.31 Å². The molecule has 3 heteroatoms. The first-order valence-corrected chi connectivity index (χ1v) is 38.3. The van der Waals surface area contributed by atoms with Crippen molar-refractivity contribution in [3.05, 3.63) is 394 Å². The van der Waals surface area contributed by atoms with Crippen molar-refractivity contribution in [2.45, 2.75) is 45.8 Å². The number of hydrogen-bond acceptors (Lipinski definition) is 2. The van der Waals surface area contributed by atoms with Crippen LogP contribution in [0.25, 0.3) is 186 Å². The average molecular weight is 1410 g/mol. The molecule has 0 aromatic heterocycles. The molecule has 2 nitrogen and oxygen atoms in total. The van der Waals surface area contributed by atoms with E-state index in [0.29, 0.717) is 0 Å². The lowest BCUT2D eigenvalue weighted by molar-refractivity contribution is 0.00578. The van der Waals surface area contributed by atoms with Gasteiger partial charge in [-0.05, 0) is 274 Å². The SMILES string of the molecule is CC1(C)OB(c2ccc3cc(-c4c5ccccc5c(-c5ccc6ccccc6c5)c5ccccc45)ccc3c2)OC1(C)C.Cc1ccc2cc(-c3ccccc3)ccc2c1.c1ccc(-c2ccc3cc(-c4ccc5cc(-c6c7ccccc7c(-c7ccc8ccccc8c7)c7ccccc67)ccc5c4)ccc3c2)cc1. The molecule has 0 unspecified atom stereocenters. The molecule has 1 aliphatic rings. The lowest BCUT2D eigenvalue weighted by Gasteiger charge is -2.32. The lowest BCUT2D eigenvalue weighted by atomic mass is 9.78. The molecular formula is C107H79BO2. The maximum atomic E-state index is 6.34. The Morgan fingerprint density at radius 3 is 0.727 bits per heavy atom. The summed E-state index contributed by atoms with van der Waals surface area (Å²) in [6.07, 6.45) is 0. The van der Waals surface area contributed by atoms with Crippen LogP contribution >= 0.6 is 0 Å². The van der Waals surface area contributed by atoms with Gasteiger partial charge in [0.25, 0.3) is 0 Å². The quantitative estimate of drug-likeness (QED) is 0.112. The van der Waals surface area contributed by atoms with Crippen LogP contribution in [0.15, 0.2) is 388 Å². The molecule has 21 rings (SSSR count). The molecule has 20 aromatic rings. The highest BCUT2D eigenvalue weighted by Gasteiger charge is 2.51. The van der Waals surface area contributed by atoms with Crippen molar-refractivity contribution in [1.29, 1.82) is 0 Å². The molecule has 1 aliphatic heterocycles. The van der Waals surface area contributed by atoms with E-state index < -0.39 is 0 Å². The van der Waals surface area contributed by atoms with E-state index in [4.69, 9.17) is 9.31 Å². The zero-order chi connectivity index (χ0) is 74.0. The standard InChI is InChI=1S/C50H32.C40H33BO2.C17H14/c1-2-10-33(11-3-1)36-19-20-38-29-39(22-21-37(38)28-36)40-23-24-42-32-44(27-25-41(42)30-40)50-47-16-8-6-14-45(47)49(46-15-7-9-17-48(46)50)43-26-18-34-12-4-5-13-35(34)31-43;1-39(2)40(3,4)43-41(42-39)32-22-21-28-24-31(20-18-29(28)25-32)38-35-15-9-7-13-33(35)37(34-14-8-10-16-36(34)38)30-19-17-26-11-5-6-12-27(26)23-30;1-13-7-8-17-12-16(10-9-15(17)11-13)14-5-3-2-4-6-14/h1-32H;5-25H,1-4H3;2-12H,1H3. The van der Waals surface area contributed by atoms with Crippen LogP contribution in [0.5, 0.6) is 0 Å². The predicted octanol–water partition coefficient (Wildman–Crippen LogP) is 28.9. The smallest absolute Gasteiger partial charge is 0.399 e. The predicted molar refractivity (Wildman–Crippen MR) is 473 cm³/mol. The highest BCUT2D eigenvalue weighted by Crippen LogP contribution is 2.48. The third-order valence-corrected chi connectivity index (χ3v) is 23.1. The molecule has 1 fully saturated rings. The van der Waals surface area contributed by atoms with Crippen LogP contribution in [-0.4, -0.2) is 18.3 Å². The van der Waals surface area contributed by atoms with Crippen molar-refractivity contribution in [2.24, 2.45) is 0 Å². The minimum Gasteiger partial charge on any atom is -0.399 e. The lowest BCUT2D eigenvalue weighted by Crippen LogP contribution is -2.41. The molecule has 522 valence electrons. The first kappa shape index (κ1) is 67.6. The van der Waals surface area contributed by atoms with Gasteiger partial charge in [0.15, 0.2) is 0 Å². The van der Waals surface area contributed by atoms with Crippen molar-refractivity contribution in [3.8, 4) is 77.9 Å². The van der Waals surface area contributed by atoms with Crippen LogP contribution in [0.1, 0.15) is 33.3 Å². The van der Waals surface area contributed by atoms with Crippen LogP contribution < -0.4 is 5.46 Å². The Hall–Kier alpha value is -13.0. The van der Waals surface area contributed by atoms with Gasteiger partial charge >= 0.3 is 7.12 Å². The van der Waals surface area contributed by atoms with Crippen LogP contribution in [0.2, 0.25) is 0 Å².